The molecule has 28 heavy (non-hydrogen) atoms. The van der Waals surface area contributed by atoms with Crippen LogP contribution in [0, 0.1) is 0 Å². The first kappa shape index (κ1) is 19.4. The van der Waals surface area contributed by atoms with Crippen LogP contribution in [0.1, 0.15) is 15.9 Å². The van der Waals surface area contributed by atoms with Gasteiger partial charge in [-0.15, -0.1) is 0 Å². The molecular formula is C22H24N2O4. The van der Waals surface area contributed by atoms with E-state index in [0.29, 0.717) is 28.4 Å². The third kappa shape index (κ3) is 3.67. The Morgan fingerprint density at radius 1 is 0.893 bits per heavy atom. The lowest BCUT2D eigenvalue weighted by atomic mass is 10.0. The van der Waals surface area contributed by atoms with E-state index in [1.807, 2.05) is 54.2 Å². The minimum absolute atomic E-state index is 0.123. The van der Waals surface area contributed by atoms with Crippen molar-refractivity contribution in [3.63, 3.8) is 0 Å². The van der Waals surface area contributed by atoms with Gasteiger partial charge in [0.25, 0.3) is 0 Å². The molecule has 0 aliphatic heterocycles. The Morgan fingerprint density at radius 3 is 2.14 bits per heavy atom. The van der Waals surface area contributed by atoms with Crippen molar-refractivity contribution < 1.29 is 19.0 Å². The Labute approximate surface area is 164 Å². The second kappa shape index (κ2) is 8.08. The van der Waals surface area contributed by atoms with Gasteiger partial charge in [0.2, 0.25) is 5.75 Å². The lowest BCUT2D eigenvalue weighted by molar-refractivity contribution is 0.103. The summed E-state index contributed by atoms with van der Waals surface area (Å²) in [6.07, 6.45) is 3.69. The van der Waals surface area contributed by atoms with Gasteiger partial charge in [0.15, 0.2) is 17.3 Å². The van der Waals surface area contributed by atoms with E-state index in [9.17, 15) is 4.79 Å². The summed E-state index contributed by atoms with van der Waals surface area (Å²) in [5.41, 5.74) is 3.11. The Kier molecular flexibility index (Phi) is 5.59. The first-order chi connectivity index (χ1) is 13.5. The van der Waals surface area contributed by atoms with Crippen LogP contribution in [0.4, 0.5) is 5.69 Å². The van der Waals surface area contributed by atoms with Gasteiger partial charge < -0.3 is 23.7 Å². The molecule has 0 saturated carbocycles. The van der Waals surface area contributed by atoms with Crippen LogP contribution in [0.25, 0.3) is 5.69 Å². The third-order valence-corrected chi connectivity index (χ3v) is 4.53. The monoisotopic (exact) mass is 380 g/mol. The summed E-state index contributed by atoms with van der Waals surface area (Å²) in [5.74, 6) is 1.23. The number of methoxy groups -OCH3 is 3. The van der Waals surface area contributed by atoms with Crippen molar-refractivity contribution in [2.45, 2.75) is 0 Å². The minimum Gasteiger partial charge on any atom is -0.493 e. The summed E-state index contributed by atoms with van der Waals surface area (Å²) in [7, 11) is 8.58. The van der Waals surface area contributed by atoms with E-state index >= 15 is 0 Å². The number of rotatable bonds is 7. The minimum atomic E-state index is -0.123. The van der Waals surface area contributed by atoms with Crippen LogP contribution in [-0.4, -0.2) is 45.8 Å². The Morgan fingerprint density at radius 2 is 1.57 bits per heavy atom. The molecule has 1 aromatic heterocycles. The fraction of sp³-hybridized carbons (Fsp3) is 0.227. The van der Waals surface area contributed by atoms with E-state index in [-0.39, 0.29) is 5.78 Å². The van der Waals surface area contributed by atoms with Crippen molar-refractivity contribution in [3.05, 3.63) is 66.0 Å². The number of carbonyl (C=O) groups is 1. The quantitative estimate of drug-likeness (QED) is 0.584. The fourth-order valence-electron chi connectivity index (χ4n) is 3.00. The molecule has 0 aliphatic rings. The van der Waals surface area contributed by atoms with E-state index in [4.69, 9.17) is 14.2 Å². The number of hydrogen-bond acceptors (Lipinski definition) is 5. The van der Waals surface area contributed by atoms with Crippen LogP contribution in [0.2, 0.25) is 0 Å². The van der Waals surface area contributed by atoms with Crippen molar-refractivity contribution in [1.29, 1.82) is 0 Å². The maximum Gasteiger partial charge on any atom is 0.203 e. The molecule has 0 atom stereocenters. The SMILES string of the molecule is COc1cc(C(=O)c2ccn(-c3cccc(N(C)C)c3)c2)cc(OC)c1OC. The first-order valence-corrected chi connectivity index (χ1v) is 8.79. The third-order valence-electron chi connectivity index (χ3n) is 4.53. The van der Waals surface area contributed by atoms with Gasteiger partial charge in [-0.2, -0.15) is 0 Å². The molecule has 0 N–H and O–H groups in total. The predicted molar refractivity (Wildman–Crippen MR) is 110 cm³/mol. The molecule has 6 nitrogen and oxygen atoms in total. The molecule has 146 valence electrons. The normalized spacial score (nSPS) is 10.5. The van der Waals surface area contributed by atoms with Crippen LogP contribution in [0.5, 0.6) is 17.2 Å². The molecule has 3 aromatic rings. The van der Waals surface area contributed by atoms with Gasteiger partial charge in [-0.25, -0.2) is 0 Å². The molecule has 2 aromatic carbocycles. The molecule has 0 aliphatic carbocycles. The summed E-state index contributed by atoms with van der Waals surface area (Å²) in [6, 6.07) is 13.2. The smallest absolute Gasteiger partial charge is 0.203 e. The fourth-order valence-corrected chi connectivity index (χ4v) is 3.00. The highest BCUT2D eigenvalue weighted by Crippen LogP contribution is 2.38. The summed E-state index contributed by atoms with van der Waals surface area (Å²) in [5, 5.41) is 0. The zero-order valence-electron chi connectivity index (χ0n) is 16.7. The molecule has 3 rings (SSSR count). The predicted octanol–water partition coefficient (Wildman–Crippen LogP) is 3.80. The van der Waals surface area contributed by atoms with Crippen LogP contribution < -0.4 is 19.1 Å². The highest BCUT2D eigenvalue weighted by Gasteiger charge is 2.19. The highest BCUT2D eigenvalue weighted by molar-refractivity contribution is 6.09. The Hall–Kier alpha value is -3.41. The Bertz CT molecular complexity index is 967. The molecular weight excluding hydrogens is 356 g/mol. The van der Waals surface area contributed by atoms with Crippen LogP contribution in [-0.2, 0) is 0 Å². The maximum atomic E-state index is 13.0. The lowest BCUT2D eigenvalue weighted by Gasteiger charge is -2.14. The van der Waals surface area contributed by atoms with E-state index in [1.54, 1.807) is 18.2 Å². The van der Waals surface area contributed by atoms with Crippen LogP contribution in [0.15, 0.2) is 54.9 Å². The molecule has 0 unspecified atom stereocenters. The lowest BCUT2D eigenvalue weighted by Crippen LogP contribution is -2.08. The van der Waals surface area contributed by atoms with Crippen molar-refractivity contribution >= 4 is 11.5 Å². The second-order valence-corrected chi connectivity index (χ2v) is 6.46. The van der Waals surface area contributed by atoms with Gasteiger partial charge in [0.1, 0.15) is 0 Å². The number of ketones is 1. The number of hydrogen-bond donors (Lipinski definition) is 0. The largest absolute Gasteiger partial charge is 0.493 e. The number of benzene rings is 2. The van der Waals surface area contributed by atoms with E-state index in [1.165, 1.54) is 21.3 Å². The Balaban J connectivity index is 1.96. The molecule has 0 spiro atoms. The van der Waals surface area contributed by atoms with E-state index in [2.05, 4.69) is 6.07 Å². The van der Waals surface area contributed by atoms with Crippen LogP contribution >= 0.6 is 0 Å². The van der Waals surface area contributed by atoms with Crippen LogP contribution in [0.3, 0.4) is 0 Å². The maximum absolute atomic E-state index is 13.0. The highest BCUT2D eigenvalue weighted by atomic mass is 16.5. The zero-order valence-corrected chi connectivity index (χ0v) is 16.7. The topological polar surface area (TPSA) is 52.9 Å². The van der Waals surface area contributed by atoms with Gasteiger partial charge in [0.05, 0.1) is 21.3 Å². The number of nitrogens with zero attached hydrogens (tertiary/aromatic N) is 2. The molecule has 0 saturated heterocycles. The average Bonchev–Trinajstić information content (AvgIpc) is 3.22. The van der Waals surface area contributed by atoms with Crippen molar-refractivity contribution in [1.82, 2.24) is 4.57 Å². The second-order valence-electron chi connectivity index (χ2n) is 6.46. The summed E-state index contributed by atoms with van der Waals surface area (Å²) in [6.45, 7) is 0. The molecule has 0 radical (unpaired) electrons. The van der Waals surface area contributed by atoms with Gasteiger partial charge in [-0.1, -0.05) is 6.07 Å². The average molecular weight is 380 g/mol. The summed E-state index contributed by atoms with van der Waals surface area (Å²) < 4.78 is 17.9. The van der Waals surface area contributed by atoms with Gasteiger partial charge in [-0.3, -0.25) is 4.79 Å². The zero-order chi connectivity index (χ0) is 20.3. The molecule has 6 heteroatoms. The van der Waals surface area contributed by atoms with Gasteiger partial charge in [0, 0.05) is 49.0 Å². The molecule has 0 bridgehead atoms. The number of carbonyl (C=O) groups excluding carboxylic acids is 1. The molecule has 0 fully saturated rings. The van der Waals surface area contributed by atoms with E-state index < -0.39 is 0 Å². The number of anilines is 1. The molecule has 1 heterocycles. The van der Waals surface area contributed by atoms with Crippen molar-refractivity contribution in [2.75, 3.05) is 40.3 Å². The molecule has 0 amide bonds. The van der Waals surface area contributed by atoms with Crippen molar-refractivity contribution in [2.24, 2.45) is 0 Å². The van der Waals surface area contributed by atoms with E-state index in [0.717, 1.165) is 11.4 Å². The van der Waals surface area contributed by atoms with Gasteiger partial charge in [-0.05, 0) is 36.4 Å². The number of ether oxygens (including phenoxy) is 3. The summed E-state index contributed by atoms with van der Waals surface area (Å²) >= 11 is 0. The van der Waals surface area contributed by atoms with Gasteiger partial charge >= 0.3 is 0 Å². The van der Waals surface area contributed by atoms with Crippen molar-refractivity contribution in [3.8, 4) is 22.9 Å². The standard InChI is InChI=1S/C22H24N2O4/c1-23(2)17-7-6-8-18(13-17)24-10-9-15(14-24)21(25)16-11-19(26-3)22(28-5)20(12-16)27-4/h6-14H,1-5H3. The number of aromatic nitrogens is 1. The first-order valence-electron chi connectivity index (χ1n) is 8.79. The summed E-state index contributed by atoms with van der Waals surface area (Å²) in [4.78, 5) is 15.1.